The van der Waals surface area contributed by atoms with E-state index in [0.717, 1.165) is 32.5 Å². The topological polar surface area (TPSA) is 36.3 Å². The molecule has 1 saturated heterocycles. The Morgan fingerprint density at radius 3 is 2.64 bits per heavy atom. The summed E-state index contributed by atoms with van der Waals surface area (Å²) in [6.45, 7) is 6.21. The van der Waals surface area contributed by atoms with Gasteiger partial charge in [-0.3, -0.25) is 0 Å². The molecule has 2 heterocycles. The first-order chi connectivity index (χ1) is 12.1. The highest BCUT2D eigenvalue weighted by atomic mass is 16.7. The summed E-state index contributed by atoms with van der Waals surface area (Å²) in [5.41, 5.74) is 4.02. The molecule has 4 nitrogen and oxygen atoms in total. The summed E-state index contributed by atoms with van der Waals surface area (Å²) in [6, 6.07) is 10.6. The molecule has 4 heteroatoms. The van der Waals surface area contributed by atoms with Crippen LogP contribution in [-0.2, 0) is 21.3 Å². The van der Waals surface area contributed by atoms with Crippen LogP contribution in [-0.4, -0.2) is 28.6 Å². The van der Waals surface area contributed by atoms with Crippen molar-refractivity contribution in [1.29, 1.82) is 0 Å². The summed E-state index contributed by atoms with van der Waals surface area (Å²) in [6.07, 6.45) is 6.33. The fourth-order valence-electron chi connectivity index (χ4n) is 5.64. The van der Waals surface area contributed by atoms with E-state index < -0.39 is 0 Å². The number of benzene rings is 1. The highest BCUT2D eigenvalue weighted by Crippen LogP contribution is 2.56. The second-order valence-electron chi connectivity index (χ2n) is 8.11. The minimum atomic E-state index is -0.344. The van der Waals surface area contributed by atoms with Crippen molar-refractivity contribution >= 4 is 0 Å². The third-order valence-electron chi connectivity index (χ3n) is 7.02. The van der Waals surface area contributed by atoms with Gasteiger partial charge < -0.3 is 14.0 Å². The molecule has 0 N–H and O–H groups in total. The number of para-hydroxylation sites is 1. The lowest BCUT2D eigenvalue weighted by molar-refractivity contribution is -0.234. The summed E-state index contributed by atoms with van der Waals surface area (Å²) in [7, 11) is 0. The molecular formula is C21H26N2O2. The average molecular weight is 338 g/mol. The lowest BCUT2D eigenvalue weighted by atomic mass is 9.55. The van der Waals surface area contributed by atoms with Crippen molar-refractivity contribution in [3.63, 3.8) is 0 Å². The van der Waals surface area contributed by atoms with E-state index in [2.05, 4.69) is 48.7 Å². The number of hydrogen-bond donors (Lipinski definition) is 0. The van der Waals surface area contributed by atoms with E-state index in [1.165, 1.54) is 23.5 Å². The first kappa shape index (κ1) is 15.6. The number of fused-ring (bicyclic) bond motifs is 3. The molecule has 0 unspecified atom stereocenters. The van der Waals surface area contributed by atoms with Crippen LogP contribution in [0.3, 0.4) is 0 Å². The molecule has 0 radical (unpaired) electrons. The number of rotatable bonds is 1. The number of nitrogens with zero attached hydrogens (tertiary/aromatic N) is 2. The monoisotopic (exact) mass is 338 g/mol. The van der Waals surface area contributed by atoms with E-state index in [1.54, 1.807) is 0 Å². The van der Waals surface area contributed by atoms with Crippen LogP contribution in [0.25, 0.3) is 5.69 Å². The molecule has 2 fully saturated rings. The van der Waals surface area contributed by atoms with E-state index in [4.69, 9.17) is 14.5 Å². The maximum Gasteiger partial charge on any atom is 0.171 e. The summed E-state index contributed by atoms with van der Waals surface area (Å²) in [5.74, 6) is 0.624. The lowest BCUT2D eigenvalue weighted by Crippen LogP contribution is -2.55. The third kappa shape index (κ3) is 2.10. The number of aromatic nitrogens is 2. The molecule has 1 aliphatic heterocycles. The zero-order valence-electron chi connectivity index (χ0n) is 15.1. The van der Waals surface area contributed by atoms with Crippen LogP contribution in [0.5, 0.6) is 0 Å². The van der Waals surface area contributed by atoms with Crippen LogP contribution in [0.4, 0.5) is 0 Å². The Morgan fingerprint density at radius 1 is 1.12 bits per heavy atom. The summed E-state index contributed by atoms with van der Waals surface area (Å²) in [4.78, 5) is 4.92. The summed E-state index contributed by atoms with van der Waals surface area (Å²) >= 11 is 0. The second-order valence-corrected chi connectivity index (χ2v) is 8.11. The normalized spacial score (nSPS) is 33.2. The van der Waals surface area contributed by atoms with Gasteiger partial charge in [0.15, 0.2) is 5.79 Å². The fraction of sp³-hybridized carbons (Fsp3) is 0.571. The second kappa shape index (κ2) is 5.42. The minimum Gasteiger partial charge on any atom is -0.347 e. The molecular weight excluding hydrogens is 312 g/mol. The average Bonchev–Trinajstić information content (AvgIpc) is 3.28. The molecule has 1 saturated carbocycles. The molecule has 5 rings (SSSR count). The Labute approximate surface area is 149 Å². The van der Waals surface area contributed by atoms with Gasteiger partial charge in [0.25, 0.3) is 0 Å². The van der Waals surface area contributed by atoms with Gasteiger partial charge in [0.2, 0.25) is 0 Å². The molecule has 0 amide bonds. The molecule has 3 atom stereocenters. The van der Waals surface area contributed by atoms with Crippen molar-refractivity contribution < 1.29 is 9.47 Å². The van der Waals surface area contributed by atoms with Gasteiger partial charge in [-0.05, 0) is 37.3 Å². The molecule has 1 aromatic heterocycles. The van der Waals surface area contributed by atoms with Gasteiger partial charge >= 0.3 is 0 Å². The van der Waals surface area contributed by atoms with Crippen molar-refractivity contribution in [3.8, 4) is 5.69 Å². The molecule has 0 bridgehead atoms. The van der Waals surface area contributed by atoms with Crippen molar-refractivity contribution in [1.82, 2.24) is 9.55 Å². The van der Waals surface area contributed by atoms with Crippen LogP contribution in [0.1, 0.15) is 44.5 Å². The summed E-state index contributed by atoms with van der Waals surface area (Å²) < 4.78 is 14.5. The summed E-state index contributed by atoms with van der Waals surface area (Å²) in [5, 5.41) is 0. The fourth-order valence-corrected chi connectivity index (χ4v) is 5.64. The number of ether oxygens (including phenoxy) is 2. The first-order valence-corrected chi connectivity index (χ1v) is 9.54. The smallest absolute Gasteiger partial charge is 0.171 e. The highest BCUT2D eigenvalue weighted by Gasteiger charge is 2.57. The van der Waals surface area contributed by atoms with Crippen LogP contribution in [0.2, 0.25) is 0 Å². The van der Waals surface area contributed by atoms with Crippen LogP contribution >= 0.6 is 0 Å². The molecule has 2 aliphatic carbocycles. The Hall–Kier alpha value is -1.65. The molecule has 1 aromatic carbocycles. The lowest BCUT2D eigenvalue weighted by Gasteiger charge is -2.53. The van der Waals surface area contributed by atoms with Crippen LogP contribution in [0.15, 0.2) is 36.7 Å². The Balaban J connectivity index is 1.55. The Morgan fingerprint density at radius 2 is 1.88 bits per heavy atom. The standard InChI is InChI=1S/C21H26N2O2/c1-15-17-8-9-18-19(22-14-23(18)16-6-4-3-5-7-16)20(17,2)10-11-21(15)24-12-13-25-21/h3-7,14-15,17H,8-13H2,1-2H3/t15-,17-,20-/m0/s1. The van der Waals surface area contributed by atoms with Crippen molar-refractivity contribution in [2.45, 2.75) is 50.7 Å². The van der Waals surface area contributed by atoms with E-state index in [9.17, 15) is 0 Å². The van der Waals surface area contributed by atoms with Gasteiger partial charge in [0, 0.05) is 29.1 Å². The van der Waals surface area contributed by atoms with Crippen LogP contribution < -0.4 is 0 Å². The van der Waals surface area contributed by atoms with Crippen LogP contribution in [0, 0.1) is 11.8 Å². The number of imidazole rings is 1. The van der Waals surface area contributed by atoms with Gasteiger partial charge in [-0.15, -0.1) is 0 Å². The van der Waals surface area contributed by atoms with Crippen molar-refractivity contribution in [3.05, 3.63) is 48.0 Å². The van der Waals surface area contributed by atoms with E-state index >= 15 is 0 Å². The van der Waals surface area contributed by atoms with Crippen molar-refractivity contribution in [2.75, 3.05) is 13.2 Å². The predicted molar refractivity (Wildman–Crippen MR) is 95.8 cm³/mol. The molecule has 25 heavy (non-hydrogen) atoms. The molecule has 132 valence electrons. The highest BCUT2D eigenvalue weighted by molar-refractivity contribution is 5.39. The zero-order chi connectivity index (χ0) is 17.1. The van der Waals surface area contributed by atoms with E-state index in [-0.39, 0.29) is 11.2 Å². The third-order valence-corrected chi connectivity index (χ3v) is 7.02. The predicted octanol–water partition coefficient (Wildman–Crippen LogP) is 3.87. The van der Waals surface area contributed by atoms with Gasteiger partial charge in [0.05, 0.1) is 25.2 Å². The molecule has 2 aromatic rings. The van der Waals surface area contributed by atoms with Crippen molar-refractivity contribution in [2.24, 2.45) is 11.8 Å². The zero-order valence-corrected chi connectivity index (χ0v) is 15.1. The SMILES string of the molecule is C[C@H]1[C@@H]2CCc3c(ncn3-c3ccccc3)[C@@]2(C)CCC12OCCO2. The number of hydrogen-bond acceptors (Lipinski definition) is 3. The first-order valence-electron chi connectivity index (χ1n) is 9.54. The van der Waals surface area contributed by atoms with E-state index in [1.807, 2.05) is 6.33 Å². The minimum absolute atomic E-state index is 0.119. The maximum atomic E-state index is 6.10. The van der Waals surface area contributed by atoms with Gasteiger partial charge in [0.1, 0.15) is 0 Å². The van der Waals surface area contributed by atoms with Gasteiger partial charge in [-0.2, -0.15) is 0 Å². The molecule has 3 aliphatic rings. The largest absolute Gasteiger partial charge is 0.347 e. The Kier molecular flexibility index (Phi) is 3.38. The Bertz CT molecular complexity index is 778. The molecule has 1 spiro atoms. The van der Waals surface area contributed by atoms with E-state index in [0.29, 0.717) is 11.8 Å². The van der Waals surface area contributed by atoms with Gasteiger partial charge in [-0.1, -0.05) is 32.0 Å². The maximum absolute atomic E-state index is 6.10. The quantitative estimate of drug-likeness (QED) is 0.792. The van der Waals surface area contributed by atoms with Gasteiger partial charge in [-0.25, -0.2) is 4.98 Å².